The summed E-state index contributed by atoms with van der Waals surface area (Å²) in [5.41, 5.74) is -1.20. The summed E-state index contributed by atoms with van der Waals surface area (Å²) in [4.78, 5) is 0. The second kappa shape index (κ2) is 4.21. The van der Waals surface area contributed by atoms with Crippen LogP contribution in [0.25, 0.3) is 0 Å². The molecule has 0 heterocycles. The van der Waals surface area contributed by atoms with Crippen LogP contribution in [-0.2, 0) is 18.5 Å². The van der Waals surface area contributed by atoms with Gasteiger partial charge in [0.1, 0.15) is 0 Å². The van der Waals surface area contributed by atoms with E-state index < -0.39 is 29.1 Å². The molecule has 100 valence electrons. The van der Waals surface area contributed by atoms with Crippen molar-refractivity contribution in [3.63, 3.8) is 0 Å². The van der Waals surface area contributed by atoms with Gasteiger partial charge >= 0.3 is 6.18 Å². The monoisotopic (exact) mass is 264 g/mol. The highest BCUT2D eigenvalue weighted by atomic mass is 19.4. The average molecular weight is 264 g/mol. The molecule has 0 aliphatic heterocycles. The van der Waals surface area contributed by atoms with Crippen LogP contribution in [0.1, 0.15) is 36.5 Å². The molecule has 1 aromatic carbocycles. The average Bonchev–Trinajstić information content (AvgIpc) is 3.11. The first-order chi connectivity index (χ1) is 8.25. The normalized spacial score (nSPS) is 17.0. The fourth-order valence-electron chi connectivity index (χ4n) is 1.93. The maximum Gasteiger partial charge on any atom is 0.416 e. The zero-order valence-electron chi connectivity index (χ0n) is 9.82. The van der Waals surface area contributed by atoms with E-state index in [1.165, 1.54) is 6.07 Å². The van der Waals surface area contributed by atoms with Crippen molar-refractivity contribution in [1.29, 1.82) is 0 Å². The number of alkyl halides is 5. The molecule has 1 aliphatic rings. The molecule has 0 N–H and O–H groups in total. The summed E-state index contributed by atoms with van der Waals surface area (Å²) in [6.45, 7) is 1.65. The van der Waals surface area contributed by atoms with Crippen LogP contribution in [-0.4, -0.2) is 0 Å². The van der Waals surface area contributed by atoms with E-state index in [2.05, 4.69) is 0 Å². The first kappa shape index (κ1) is 13.3. The molecule has 0 saturated heterocycles. The standard InChI is InChI=1S/C13H13F5/c1-2-8-5-10(12(14,15)9-3-4-9)7-11(6-8)13(16,17)18/h5-7,9H,2-4H2,1H3. The largest absolute Gasteiger partial charge is 0.416 e. The predicted octanol–water partition coefficient (Wildman–Crippen LogP) is 4.77. The van der Waals surface area contributed by atoms with Gasteiger partial charge in [0.15, 0.2) is 0 Å². The molecule has 5 heteroatoms. The summed E-state index contributed by atoms with van der Waals surface area (Å²) in [6.07, 6.45) is -3.52. The fourth-order valence-corrected chi connectivity index (χ4v) is 1.93. The van der Waals surface area contributed by atoms with Gasteiger partial charge in [-0.15, -0.1) is 0 Å². The van der Waals surface area contributed by atoms with Gasteiger partial charge in [-0.05, 0) is 43.0 Å². The van der Waals surface area contributed by atoms with Gasteiger partial charge in [-0.2, -0.15) is 13.2 Å². The highest BCUT2D eigenvalue weighted by Gasteiger charge is 2.48. The zero-order valence-corrected chi connectivity index (χ0v) is 9.82. The topological polar surface area (TPSA) is 0 Å². The van der Waals surface area contributed by atoms with Gasteiger partial charge in [0, 0.05) is 11.5 Å². The molecule has 1 aromatic rings. The van der Waals surface area contributed by atoms with E-state index in [4.69, 9.17) is 0 Å². The lowest BCUT2D eigenvalue weighted by Gasteiger charge is -2.19. The Kier molecular flexibility index (Phi) is 3.11. The van der Waals surface area contributed by atoms with Crippen molar-refractivity contribution in [3.05, 3.63) is 34.9 Å². The highest BCUT2D eigenvalue weighted by Crippen LogP contribution is 2.50. The van der Waals surface area contributed by atoms with Gasteiger partial charge in [0.2, 0.25) is 0 Å². The molecule has 2 rings (SSSR count). The lowest BCUT2D eigenvalue weighted by molar-refractivity contribution is -0.137. The Bertz CT molecular complexity index is 443. The highest BCUT2D eigenvalue weighted by molar-refractivity contribution is 5.35. The molecule has 1 fully saturated rings. The third-order valence-corrected chi connectivity index (χ3v) is 3.20. The molecule has 0 radical (unpaired) electrons. The Hall–Kier alpha value is -1.13. The van der Waals surface area contributed by atoms with Crippen LogP contribution in [0.5, 0.6) is 0 Å². The Morgan fingerprint density at radius 3 is 2.00 bits per heavy atom. The first-order valence-corrected chi connectivity index (χ1v) is 5.84. The van der Waals surface area contributed by atoms with Gasteiger partial charge in [-0.25, -0.2) is 8.78 Å². The summed E-state index contributed by atoms with van der Waals surface area (Å²) in [5.74, 6) is -3.95. The van der Waals surface area contributed by atoms with Crippen molar-refractivity contribution in [2.75, 3.05) is 0 Å². The van der Waals surface area contributed by atoms with E-state index in [-0.39, 0.29) is 0 Å². The van der Waals surface area contributed by atoms with Gasteiger partial charge in [0.05, 0.1) is 5.56 Å². The summed E-state index contributed by atoms with van der Waals surface area (Å²) in [7, 11) is 0. The van der Waals surface area contributed by atoms with Gasteiger partial charge < -0.3 is 0 Å². The minimum Gasteiger partial charge on any atom is -0.201 e. The van der Waals surface area contributed by atoms with Crippen molar-refractivity contribution in [3.8, 4) is 0 Å². The predicted molar refractivity (Wildman–Crippen MR) is 57.4 cm³/mol. The lowest BCUT2D eigenvalue weighted by atomic mass is 9.97. The molecule has 1 saturated carbocycles. The molecule has 0 atom stereocenters. The van der Waals surface area contributed by atoms with Crippen molar-refractivity contribution in [1.82, 2.24) is 0 Å². The van der Waals surface area contributed by atoms with Crippen LogP contribution in [0.2, 0.25) is 0 Å². The van der Waals surface area contributed by atoms with Crippen molar-refractivity contribution >= 4 is 0 Å². The summed E-state index contributed by atoms with van der Waals surface area (Å²) < 4.78 is 65.6. The Balaban J connectivity index is 2.47. The van der Waals surface area contributed by atoms with Gasteiger partial charge in [0.25, 0.3) is 5.92 Å². The molecule has 0 spiro atoms. The molecular weight excluding hydrogens is 251 g/mol. The van der Waals surface area contributed by atoms with Crippen LogP contribution in [0, 0.1) is 5.92 Å². The number of halogens is 5. The maximum atomic E-state index is 13.9. The third-order valence-electron chi connectivity index (χ3n) is 3.20. The van der Waals surface area contributed by atoms with Crippen LogP contribution >= 0.6 is 0 Å². The quantitative estimate of drug-likeness (QED) is 0.690. The van der Waals surface area contributed by atoms with Crippen molar-refractivity contribution < 1.29 is 22.0 Å². The molecule has 0 bridgehead atoms. The van der Waals surface area contributed by atoms with E-state index in [0.29, 0.717) is 30.9 Å². The molecule has 18 heavy (non-hydrogen) atoms. The first-order valence-electron chi connectivity index (χ1n) is 5.84. The summed E-state index contributed by atoms with van der Waals surface area (Å²) in [6, 6.07) is 2.71. The van der Waals surface area contributed by atoms with Crippen LogP contribution in [0.3, 0.4) is 0 Å². The summed E-state index contributed by atoms with van der Waals surface area (Å²) >= 11 is 0. The van der Waals surface area contributed by atoms with Gasteiger partial charge in [-0.1, -0.05) is 6.92 Å². The zero-order chi connectivity index (χ0) is 13.6. The van der Waals surface area contributed by atoms with Crippen molar-refractivity contribution in [2.24, 2.45) is 5.92 Å². The van der Waals surface area contributed by atoms with Crippen molar-refractivity contribution in [2.45, 2.75) is 38.3 Å². The SMILES string of the molecule is CCc1cc(C(F)(F)F)cc(C(F)(F)C2CC2)c1. The molecule has 1 aliphatic carbocycles. The molecule has 0 unspecified atom stereocenters. The molecule has 0 aromatic heterocycles. The van der Waals surface area contributed by atoms with E-state index in [1.807, 2.05) is 0 Å². The van der Waals surface area contributed by atoms with Crippen LogP contribution in [0.15, 0.2) is 18.2 Å². The second-order valence-corrected chi connectivity index (χ2v) is 4.67. The van der Waals surface area contributed by atoms with E-state index in [1.54, 1.807) is 6.92 Å². The van der Waals surface area contributed by atoms with E-state index in [0.717, 1.165) is 6.07 Å². The van der Waals surface area contributed by atoms with E-state index in [9.17, 15) is 22.0 Å². The van der Waals surface area contributed by atoms with Crippen LogP contribution in [0.4, 0.5) is 22.0 Å². The van der Waals surface area contributed by atoms with Gasteiger partial charge in [-0.3, -0.25) is 0 Å². The molecule has 0 nitrogen and oxygen atoms in total. The second-order valence-electron chi connectivity index (χ2n) is 4.67. The summed E-state index contributed by atoms with van der Waals surface area (Å²) in [5, 5.41) is 0. The Labute approximate surface area is 102 Å². The minimum atomic E-state index is -4.58. The molecule has 0 amide bonds. The number of benzene rings is 1. The third kappa shape index (κ3) is 2.49. The minimum absolute atomic E-state index is 0.292. The number of hydrogen-bond donors (Lipinski definition) is 0. The number of hydrogen-bond acceptors (Lipinski definition) is 0. The lowest BCUT2D eigenvalue weighted by Crippen LogP contribution is -2.18. The smallest absolute Gasteiger partial charge is 0.201 e. The maximum absolute atomic E-state index is 13.9. The fraction of sp³-hybridized carbons (Fsp3) is 0.538. The Morgan fingerprint density at radius 1 is 1.00 bits per heavy atom. The Morgan fingerprint density at radius 2 is 1.56 bits per heavy atom. The number of rotatable bonds is 3. The molecular formula is C13H13F5. The van der Waals surface area contributed by atoms with Crippen LogP contribution < -0.4 is 0 Å². The van der Waals surface area contributed by atoms with E-state index >= 15 is 0 Å². The number of aryl methyl sites for hydroxylation is 1.